The van der Waals surface area contributed by atoms with E-state index in [1.165, 1.54) is 0 Å². The zero-order valence-electron chi connectivity index (χ0n) is 12.6. The van der Waals surface area contributed by atoms with Gasteiger partial charge in [0.15, 0.2) is 0 Å². The van der Waals surface area contributed by atoms with Gasteiger partial charge >= 0.3 is 0 Å². The number of nitrogens with zero attached hydrogens (tertiary/aromatic N) is 2. The second-order valence-corrected chi connectivity index (χ2v) is 5.77. The Morgan fingerprint density at radius 2 is 2.19 bits per heavy atom. The van der Waals surface area contributed by atoms with Gasteiger partial charge in [0, 0.05) is 19.1 Å². The summed E-state index contributed by atoms with van der Waals surface area (Å²) in [5.74, 6) is 0.766. The Balaban J connectivity index is 1.92. The number of hydrogen-bond donors (Lipinski definition) is 2. The number of H-pyrrole nitrogens is 1. The van der Waals surface area contributed by atoms with Gasteiger partial charge in [-0.1, -0.05) is 19.1 Å². The molecule has 5 nitrogen and oxygen atoms in total. The Hall–Kier alpha value is -1.72. The average Bonchev–Trinajstić information content (AvgIpc) is 2.38. The highest BCUT2D eigenvalue weighted by Crippen LogP contribution is 2.14. The van der Waals surface area contributed by atoms with E-state index in [0.717, 1.165) is 43.0 Å². The number of nitrogens with one attached hydrogen (secondary N) is 2. The summed E-state index contributed by atoms with van der Waals surface area (Å²) in [5.41, 5.74) is 1.83. The highest BCUT2D eigenvalue weighted by molar-refractivity contribution is 5.80. The van der Waals surface area contributed by atoms with Crippen LogP contribution in [0.3, 0.4) is 0 Å². The van der Waals surface area contributed by atoms with Crippen molar-refractivity contribution in [2.75, 3.05) is 19.6 Å². The zero-order valence-corrected chi connectivity index (χ0v) is 12.6. The van der Waals surface area contributed by atoms with Crippen molar-refractivity contribution in [3.8, 4) is 0 Å². The van der Waals surface area contributed by atoms with E-state index in [4.69, 9.17) is 0 Å². The molecule has 0 atom stereocenters. The molecule has 1 aromatic heterocycles. The van der Waals surface area contributed by atoms with E-state index in [1.54, 1.807) is 0 Å². The third kappa shape index (κ3) is 2.84. The van der Waals surface area contributed by atoms with Crippen LogP contribution in [0.15, 0.2) is 23.0 Å². The largest absolute Gasteiger partial charge is 0.314 e. The van der Waals surface area contributed by atoms with Gasteiger partial charge in [-0.25, -0.2) is 4.98 Å². The fourth-order valence-corrected chi connectivity index (χ4v) is 2.83. The van der Waals surface area contributed by atoms with Crippen LogP contribution in [0.2, 0.25) is 0 Å². The van der Waals surface area contributed by atoms with Crippen LogP contribution < -0.4 is 10.9 Å². The number of fused-ring (bicyclic) bond motifs is 1. The first kappa shape index (κ1) is 14.2. The molecule has 0 aliphatic carbocycles. The van der Waals surface area contributed by atoms with Gasteiger partial charge in [-0.05, 0) is 31.5 Å². The molecule has 2 heterocycles. The van der Waals surface area contributed by atoms with E-state index in [1.807, 2.05) is 25.1 Å². The summed E-state index contributed by atoms with van der Waals surface area (Å²) in [6, 6.07) is 6.29. The molecule has 0 radical (unpaired) electrons. The second-order valence-electron chi connectivity index (χ2n) is 5.77. The highest BCUT2D eigenvalue weighted by atomic mass is 16.1. The lowest BCUT2D eigenvalue weighted by atomic mass is 10.1. The zero-order chi connectivity index (χ0) is 14.8. The molecule has 0 saturated carbocycles. The SMILES string of the molecule is CCCN(Cc1nc2c(C)cccc2c(=O)[nH]1)C1CNC1. The molecule has 21 heavy (non-hydrogen) atoms. The Kier molecular flexibility index (Phi) is 4.03. The molecule has 1 saturated heterocycles. The van der Waals surface area contributed by atoms with Gasteiger partial charge in [0.1, 0.15) is 5.82 Å². The molecule has 2 aromatic rings. The minimum absolute atomic E-state index is 0.0399. The highest BCUT2D eigenvalue weighted by Gasteiger charge is 2.24. The molecule has 1 aliphatic heterocycles. The molecule has 1 aromatic carbocycles. The molecule has 2 N–H and O–H groups in total. The average molecular weight is 286 g/mol. The van der Waals surface area contributed by atoms with Crippen LogP contribution in [-0.4, -0.2) is 40.5 Å². The van der Waals surface area contributed by atoms with Crippen molar-refractivity contribution in [1.29, 1.82) is 0 Å². The minimum Gasteiger partial charge on any atom is -0.314 e. The summed E-state index contributed by atoms with van der Waals surface area (Å²) in [7, 11) is 0. The number of aryl methyl sites for hydroxylation is 1. The molecule has 1 fully saturated rings. The lowest BCUT2D eigenvalue weighted by Gasteiger charge is -2.37. The lowest BCUT2D eigenvalue weighted by Crippen LogP contribution is -2.57. The van der Waals surface area contributed by atoms with Crippen molar-refractivity contribution >= 4 is 10.9 Å². The summed E-state index contributed by atoms with van der Waals surface area (Å²) in [4.78, 5) is 22.2. The van der Waals surface area contributed by atoms with E-state index >= 15 is 0 Å². The predicted molar refractivity (Wildman–Crippen MR) is 84.5 cm³/mol. The summed E-state index contributed by atoms with van der Waals surface area (Å²) in [6.07, 6.45) is 1.10. The number of benzene rings is 1. The van der Waals surface area contributed by atoms with Crippen LogP contribution in [0.25, 0.3) is 10.9 Å². The Labute approximate surface area is 124 Å². The maximum Gasteiger partial charge on any atom is 0.258 e. The summed E-state index contributed by atoms with van der Waals surface area (Å²) in [6.45, 7) is 7.97. The van der Waals surface area contributed by atoms with Crippen molar-refractivity contribution in [1.82, 2.24) is 20.2 Å². The molecule has 5 heteroatoms. The van der Waals surface area contributed by atoms with Crippen molar-refractivity contribution in [2.45, 2.75) is 32.9 Å². The third-order valence-corrected chi connectivity index (χ3v) is 4.13. The van der Waals surface area contributed by atoms with Gasteiger partial charge < -0.3 is 10.3 Å². The van der Waals surface area contributed by atoms with Crippen LogP contribution in [-0.2, 0) is 6.54 Å². The number of rotatable bonds is 5. The molecule has 0 amide bonds. The van der Waals surface area contributed by atoms with Gasteiger partial charge in [-0.2, -0.15) is 0 Å². The number of para-hydroxylation sites is 1. The number of aromatic amines is 1. The molecule has 0 bridgehead atoms. The van der Waals surface area contributed by atoms with Gasteiger partial charge in [-0.15, -0.1) is 0 Å². The molecular weight excluding hydrogens is 264 g/mol. The summed E-state index contributed by atoms with van der Waals surface area (Å²) in [5, 5.41) is 3.97. The van der Waals surface area contributed by atoms with Gasteiger partial charge in [0.05, 0.1) is 17.4 Å². The van der Waals surface area contributed by atoms with Crippen molar-refractivity contribution in [3.05, 3.63) is 39.9 Å². The lowest BCUT2D eigenvalue weighted by molar-refractivity contribution is 0.134. The molecule has 1 aliphatic rings. The molecule has 0 unspecified atom stereocenters. The Bertz CT molecular complexity index is 690. The van der Waals surface area contributed by atoms with E-state index in [-0.39, 0.29) is 5.56 Å². The van der Waals surface area contributed by atoms with Gasteiger partial charge in [-0.3, -0.25) is 9.69 Å². The smallest absolute Gasteiger partial charge is 0.258 e. The van der Waals surface area contributed by atoms with Crippen LogP contribution in [0.4, 0.5) is 0 Å². The first-order valence-electron chi connectivity index (χ1n) is 7.62. The monoisotopic (exact) mass is 286 g/mol. The fraction of sp³-hybridized carbons (Fsp3) is 0.500. The number of aromatic nitrogens is 2. The Morgan fingerprint density at radius 3 is 2.86 bits per heavy atom. The normalized spacial score (nSPS) is 15.6. The topological polar surface area (TPSA) is 61.0 Å². The minimum atomic E-state index is -0.0399. The van der Waals surface area contributed by atoms with Crippen LogP contribution in [0.1, 0.15) is 24.7 Å². The first-order valence-corrected chi connectivity index (χ1v) is 7.62. The van der Waals surface area contributed by atoms with E-state index in [0.29, 0.717) is 18.0 Å². The summed E-state index contributed by atoms with van der Waals surface area (Å²) < 4.78 is 0. The van der Waals surface area contributed by atoms with Crippen molar-refractivity contribution in [2.24, 2.45) is 0 Å². The molecular formula is C16H22N4O. The van der Waals surface area contributed by atoms with Crippen LogP contribution in [0.5, 0.6) is 0 Å². The Morgan fingerprint density at radius 1 is 1.38 bits per heavy atom. The van der Waals surface area contributed by atoms with Gasteiger partial charge in [0.25, 0.3) is 5.56 Å². The van der Waals surface area contributed by atoms with E-state index in [9.17, 15) is 4.79 Å². The van der Waals surface area contributed by atoms with E-state index < -0.39 is 0 Å². The van der Waals surface area contributed by atoms with Crippen LogP contribution >= 0.6 is 0 Å². The van der Waals surface area contributed by atoms with E-state index in [2.05, 4.69) is 27.1 Å². The quantitative estimate of drug-likeness (QED) is 0.872. The standard InChI is InChI=1S/C16H22N4O/c1-3-7-20(12-8-17-9-12)10-14-18-15-11(2)5-4-6-13(15)16(21)19-14/h4-6,12,17H,3,7-10H2,1-2H3,(H,18,19,21). The number of hydrogen-bond acceptors (Lipinski definition) is 4. The van der Waals surface area contributed by atoms with Crippen molar-refractivity contribution in [3.63, 3.8) is 0 Å². The molecule has 0 spiro atoms. The van der Waals surface area contributed by atoms with Crippen LogP contribution in [0, 0.1) is 6.92 Å². The second kappa shape index (κ2) is 5.95. The molecule has 112 valence electrons. The third-order valence-electron chi connectivity index (χ3n) is 4.13. The first-order chi connectivity index (χ1) is 10.2. The fourth-order valence-electron chi connectivity index (χ4n) is 2.83. The van der Waals surface area contributed by atoms with Crippen molar-refractivity contribution < 1.29 is 0 Å². The van der Waals surface area contributed by atoms with Gasteiger partial charge in [0.2, 0.25) is 0 Å². The maximum absolute atomic E-state index is 12.2. The summed E-state index contributed by atoms with van der Waals surface area (Å²) >= 11 is 0. The predicted octanol–water partition coefficient (Wildman–Crippen LogP) is 1.42. The molecule has 3 rings (SSSR count). The maximum atomic E-state index is 12.2.